The van der Waals surface area contributed by atoms with Gasteiger partial charge in [0.05, 0.1) is 17.7 Å². The van der Waals surface area contributed by atoms with Crippen molar-refractivity contribution in [1.29, 1.82) is 0 Å². The van der Waals surface area contributed by atoms with E-state index in [1.807, 2.05) is 18.5 Å². The van der Waals surface area contributed by atoms with Gasteiger partial charge in [0.1, 0.15) is 0 Å². The van der Waals surface area contributed by atoms with E-state index in [9.17, 15) is 8.42 Å². The van der Waals surface area contributed by atoms with Gasteiger partial charge in [0, 0.05) is 30.5 Å². The lowest BCUT2D eigenvalue weighted by Gasteiger charge is -2.25. The number of hydrogen-bond acceptors (Lipinski definition) is 5. The number of aromatic nitrogens is 3. The van der Waals surface area contributed by atoms with Gasteiger partial charge < -0.3 is 0 Å². The van der Waals surface area contributed by atoms with Gasteiger partial charge in [-0.15, -0.1) is 0 Å². The molecule has 0 bridgehead atoms. The Balaban J connectivity index is 1.82. The van der Waals surface area contributed by atoms with E-state index in [1.54, 1.807) is 10.7 Å². The number of rotatable bonds is 4. The van der Waals surface area contributed by atoms with Gasteiger partial charge in [0.25, 0.3) is 0 Å². The summed E-state index contributed by atoms with van der Waals surface area (Å²) >= 11 is 0. The molecule has 1 atom stereocenters. The van der Waals surface area contributed by atoms with Crippen LogP contribution in [0.2, 0.25) is 0 Å². The van der Waals surface area contributed by atoms with E-state index in [-0.39, 0.29) is 11.8 Å². The van der Waals surface area contributed by atoms with Gasteiger partial charge in [-0.2, -0.15) is 5.10 Å². The molecule has 2 aromatic heterocycles. The molecule has 108 valence electrons. The molecule has 0 aliphatic carbocycles. The zero-order valence-corrected chi connectivity index (χ0v) is 12.3. The Morgan fingerprint density at radius 1 is 1.50 bits per heavy atom. The average molecular weight is 294 g/mol. The van der Waals surface area contributed by atoms with Crippen LogP contribution in [0.25, 0.3) is 5.65 Å². The fourth-order valence-corrected chi connectivity index (χ4v) is 4.53. The van der Waals surface area contributed by atoms with E-state index in [4.69, 9.17) is 0 Å². The maximum Gasteiger partial charge on any atom is 0.159 e. The Bertz CT molecular complexity index is 710. The quantitative estimate of drug-likeness (QED) is 0.832. The number of sulfone groups is 1. The first kappa shape index (κ1) is 13.5. The molecule has 7 heteroatoms. The first-order chi connectivity index (χ1) is 9.59. The monoisotopic (exact) mass is 294 g/mol. The molecule has 1 aliphatic heterocycles. The van der Waals surface area contributed by atoms with Gasteiger partial charge in [0.2, 0.25) is 0 Å². The van der Waals surface area contributed by atoms with Gasteiger partial charge in [-0.3, -0.25) is 4.90 Å². The summed E-state index contributed by atoms with van der Waals surface area (Å²) in [4.78, 5) is 6.54. The van der Waals surface area contributed by atoms with Crippen LogP contribution >= 0.6 is 0 Å². The molecule has 6 nitrogen and oxygen atoms in total. The summed E-state index contributed by atoms with van der Waals surface area (Å²) in [6, 6.07) is 1.95. The molecule has 1 unspecified atom stereocenters. The van der Waals surface area contributed by atoms with E-state index >= 15 is 0 Å². The summed E-state index contributed by atoms with van der Waals surface area (Å²) in [6.45, 7) is 3.58. The molecule has 1 fully saturated rings. The second-order valence-electron chi connectivity index (χ2n) is 5.18. The van der Waals surface area contributed by atoms with E-state index < -0.39 is 9.84 Å². The minimum absolute atomic E-state index is 0.115. The summed E-state index contributed by atoms with van der Waals surface area (Å²) in [6.07, 6.45) is 6.15. The summed E-state index contributed by atoms with van der Waals surface area (Å²) < 4.78 is 25.0. The van der Waals surface area contributed by atoms with Crippen molar-refractivity contribution in [3.8, 4) is 0 Å². The molecule has 0 amide bonds. The average Bonchev–Trinajstić information content (AvgIpc) is 2.99. The molecule has 2 aromatic rings. The predicted octanol–water partition coefficient (Wildman–Crippen LogP) is 0.738. The fraction of sp³-hybridized carbons (Fsp3) is 0.538. The van der Waals surface area contributed by atoms with E-state index in [0.717, 1.165) is 24.2 Å². The molecule has 20 heavy (non-hydrogen) atoms. The van der Waals surface area contributed by atoms with E-state index in [0.29, 0.717) is 12.3 Å². The van der Waals surface area contributed by atoms with Crippen molar-refractivity contribution in [1.82, 2.24) is 19.5 Å². The first-order valence-corrected chi connectivity index (χ1v) is 8.63. The topological polar surface area (TPSA) is 67.6 Å². The van der Waals surface area contributed by atoms with Crippen LogP contribution in [0.3, 0.4) is 0 Å². The fourth-order valence-electron chi connectivity index (χ4n) is 2.77. The maximum absolute atomic E-state index is 11.6. The maximum atomic E-state index is 11.6. The summed E-state index contributed by atoms with van der Waals surface area (Å²) in [5.74, 6) is 0.578. The largest absolute Gasteiger partial charge is 0.295 e. The lowest BCUT2D eigenvalue weighted by atomic mass is 10.2. The molecular formula is C13H18N4O2S. The Kier molecular flexibility index (Phi) is 3.47. The zero-order valence-electron chi connectivity index (χ0n) is 11.4. The van der Waals surface area contributed by atoms with Crippen LogP contribution in [-0.2, 0) is 16.4 Å². The molecule has 1 saturated heterocycles. The Hall–Kier alpha value is -1.47. The summed E-state index contributed by atoms with van der Waals surface area (Å²) in [5, 5.41) is 4.27. The predicted molar refractivity (Wildman–Crippen MR) is 76.1 cm³/mol. The third-order valence-electron chi connectivity index (χ3n) is 3.86. The number of hydrogen-bond donors (Lipinski definition) is 0. The zero-order chi connectivity index (χ0) is 14.2. The van der Waals surface area contributed by atoms with Crippen molar-refractivity contribution in [3.63, 3.8) is 0 Å². The highest BCUT2D eigenvalue weighted by atomic mass is 32.2. The first-order valence-electron chi connectivity index (χ1n) is 6.81. The molecular weight excluding hydrogens is 276 g/mol. The molecule has 0 aromatic carbocycles. The van der Waals surface area contributed by atoms with Crippen molar-refractivity contribution < 1.29 is 8.42 Å². The second kappa shape index (κ2) is 5.14. The highest BCUT2D eigenvalue weighted by molar-refractivity contribution is 7.91. The van der Waals surface area contributed by atoms with Crippen LogP contribution < -0.4 is 0 Å². The van der Waals surface area contributed by atoms with Crippen molar-refractivity contribution in [2.45, 2.75) is 25.9 Å². The second-order valence-corrected chi connectivity index (χ2v) is 7.41. The normalized spacial score (nSPS) is 21.8. The molecule has 0 spiro atoms. The van der Waals surface area contributed by atoms with Crippen LogP contribution in [0.15, 0.2) is 24.7 Å². The molecule has 0 saturated carbocycles. The van der Waals surface area contributed by atoms with Gasteiger partial charge in [0.15, 0.2) is 15.5 Å². The van der Waals surface area contributed by atoms with Crippen LogP contribution in [0.4, 0.5) is 0 Å². The number of nitrogens with zero attached hydrogens (tertiary/aromatic N) is 4. The van der Waals surface area contributed by atoms with Gasteiger partial charge in [-0.1, -0.05) is 6.92 Å². The van der Waals surface area contributed by atoms with Crippen LogP contribution in [0, 0.1) is 0 Å². The third kappa shape index (κ3) is 2.55. The summed E-state index contributed by atoms with van der Waals surface area (Å²) in [7, 11) is -2.85. The van der Waals surface area contributed by atoms with Gasteiger partial charge in [-0.05, 0) is 19.0 Å². The molecule has 0 radical (unpaired) electrons. The van der Waals surface area contributed by atoms with Crippen molar-refractivity contribution in [2.75, 3.05) is 18.1 Å². The van der Waals surface area contributed by atoms with Crippen LogP contribution in [-0.4, -0.2) is 52.0 Å². The lowest BCUT2D eigenvalue weighted by Crippen LogP contribution is -2.35. The standard InChI is InChI=1S/C13H18N4O2S/c1-2-16(12-4-7-20(18,19)10-12)9-11-8-15-17-6-3-5-14-13(11)17/h3,5-6,8,12H,2,4,7,9-10H2,1H3. The van der Waals surface area contributed by atoms with E-state index in [1.165, 1.54) is 0 Å². The Morgan fingerprint density at radius 3 is 3.05 bits per heavy atom. The van der Waals surface area contributed by atoms with E-state index in [2.05, 4.69) is 21.9 Å². The molecule has 1 aliphatic rings. The Morgan fingerprint density at radius 2 is 2.35 bits per heavy atom. The molecule has 0 N–H and O–H groups in total. The van der Waals surface area contributed by atoms with Crippen molar-refractivity contribution >= 4 is 15.5 Å². The smallest absolute Gasteiger partial charge is 0.159 e. The lowest BCUT2D eigenvalue weighted by molar-refractivity contribution is 0.215. The highest BCUT2D eigenvalue weighted by Gasteiger charge is 2.31. The van der Waals surface area contributed by atoms with Crippen molar-refractivity contribution in [2.24, 2.45) is 0 Å². The minimum Gasteiger partial charge on any atom is -0.295 e. The molecule has 3 rings (SSSR count). The minimum atomic E-state index is -2.85. The van der Waals surface area contributed by atoms with Gasteiger partial charge >= 0.3 is 0 Å². The summed E-state index contributed by atoms with van der Waals surface area (Å²) in [5.41, 5.74) is 1.88. The molecule has 3 heterocycles. The van der Waals surface area contributed by atoms with Crippen LogP contribution in [0.5, 0.6) is 0 Å². The third-order valence-corrected chi connectivity index (χ3v) is 5.61. The number of fused-ring (bicyclic) bond motifs is 1. The van der Waals surface area contributed by atoms with Crippen molar-refractivity contribution in [3.05, 3.63) is 30.2 Å². The SMILES string of the molecule is CCN(Cc1cnn2cccnc12)C1CCS(=O)(=O)C1. The highest BCUT2D eigenvalue weighted by Crippen LogP contribution is 2.20. The Labute approximate surface area is 118 Å². The van der Waals surface area contributed by atoms with Crippen LogP contribution in [0.1, 0.15) is 18.9 Å². The van der Waals surface area contributed by atoms with Gasteiger partial charge in [-0.25, -0.2) is 17.9 Å².